The van der Waals surface area contributed by atoms with Crippen molar-refractivity contribution in [1.29, 1.82) is 0 Å². The zero-order chi connectivity index (χ0) is 38.4. The van der Waals surface area contributed by atoms with E-state index in [4.69, 9.17) is 23.7 Å². The number of hydrogen-bond donors (Lipinski definition) is 0. The van der Waals surface area contributed by atoms with Gasteiger partial charge in [-0.1, -0.05) is 67.8 Å². The summed E-state index contributed by atoms with van der Waals surface area (Å²) in [7, 11) is 0. The molecule has 4 rings (SSSR count). The summed E-state index contributed by atoms with van der Waals surface area (Å²) in [5.74, 6) is 0.493. The van der Waals surface area contributed by atoms with Gasteiger partial charge in [-0.3, -0.25) is 4.79 Å². The maximum Gasteiger partial charge on any atom is 0.336 e. The van der Waals surface area contributed by atoms with Crippen molar-refractivity contribution in [3.63, 3.8) is 0 Å². The number of rotatable bonds is 21. The van der Waals surface area contributed by atoms with Crippen LogP contribution in [0.1, 0.15) is 36.8 Å². The number of benzene rings is 4. The minimum Gasteiger partial charge on any atom is -0.494 e. The number of carbonyl (C=O) groups is 4. The number of hydrogen-bond acceptors (Lipinski definition) is 10. The quantitative estimate of drug-likeness (QED) is 0.0269. The van der Waals surface area contributed by atoms with Gasteiger partial charge in [0.2, 0.25) is 5.12 Å². The highest BCUT2D eigenvalue weighted by Crippen LogP contribution is 2.27. The van der Waals surface area contributed by atoms with E-state index in [1.165, 1.54) is 6.08 Å². The molecule has 0 saturated heterocycles. The second-order valence-corrected chi connectivity index (χ2v) is 12.6. The number of unbranched alkanes of at least 4 members (excludes halogenated alkanes) is 2. The maximum atomic E-state index is 12.6. The zero-order valence-corrected chi connectivity index (χ0v) is 30.7. The van der Waals surface area contributed by atoms with E-state index < -0.39 is 17.9 Å². The first kappa shape index (κ1) is 40.6. The van der Waals surface area contributed by atoms with E-state index in [2.05, 4.69) is 13.2 Å². The number of thioether (sulfide) groups is 1. The molecule has 0 aliphatic heterocycles. The Labute approximate surface area is 319 Å². The van der Waals surface area contributed by atoms with Gasteiger partial charge in [0.15, 0.2) is 0 Å². The van der Waals surface area contributed by atoms with Crippen LogP contribution in [0.25, 0.3) is 23.3 Å². The first-order valence-electron chi connectivity index (χ1n) is 17.4. The van der Waals surface area contributed by atoms with Crippen molar-refractivity contribution in [3.8, 4) is 28.4 Å². The summed E-state index contributed by atoms with van der Waals surface area (Å²) in [4.78, 5) is 47.9. The highest BCUT2D eigenvalue weighted by molar-refractivity contribution is 8.14. The van der Waals surface area contributed by atoms with Crippen LogP contribution >= 0.6 is 11.8 Å². The van der Waals surface area contributed by atoms with E-state index in [-0.39, 0.29) is 5.12 Å². The Balaban J connectivity index is 1.15. The van der Waals surface area contributed by atoms with E-state index in [1.54, 1.807) is 30.4 Å². The van der Waals surface area contributed by atoms with Crippen LogP contribution in [-0.4, -0.2) is 49.5 Å². The molecule has 0 aromatic heterocycles. The minimum absolute atomic E-state index is 0.0968. The zero-order valence-electron chi connectivity index (χ0n) is 29.9. The first-order chi connectivity index (χ1) is 26.3. The molecule has 0 heterocycles. The van der Waals surface area contributed by atoms with E-state index in [0.29, 0.717) is 50.8 Å². The lowest BCUT2D eigenvalue weighted by Crippen LogP contribution is -2.04. The Morgan fingerprint density at radius 3 is 1.41 bits per heavy atom. The van der Waals surface area contributed by atoms with Gasteiger partial charge in [0.05, 0.1) is 26.4 Å². The van der Waals surface area contributed by atoms with Gasteiger partial charge in [-0.15, -0.1) is 0 Å². The highest BCUT2D eigenvalue weighted by atomic mass is 32.2. The van der Waals surface area contributed by atoms with Gasteiger partial charge in [0, 0.05) is 23.1 Å². The first-order valence-corrected chi connectivity index (χ1v) is 18.2. The van der Waals surface area contributed by atoms with Crippen LogP contribution in [0, 0.1) is 0 Å². The van der Waals surface area contributed by atoms with E-state index in [9.17, 15) is 19.2 Å². The summed E-state index contributed by atoms with van der Waals surface area (Å²) >= 11 is 1.14. The van der Waals surface area contributed by atoms with Crippen molar-refractivity contribution in [2.45, 2.75) is 30.6 Å². The van der Waals surface area contributed by atoms with Crippen molar-refractivity contribution < 1.29 is 42.9 Å². The fourth-order valence-electron chi connectivity index (χ4n) is 4.66. The lowest BCUT2D eigenvalue weighted by atomic mass is 10.1. The standard InChI is InChI=1S/C44H42O9S/c1-3-41(45)51-31-7-5-29-49-37-19-9-33(10-20-37)13-27-43(47)53-39-23-15-35(16-24-39)36-17-25-40(26-18-36)54-44(48)28-14-34-11-21-38(22-12-34)50-30-6-8-32-52-42(46)4-2/h3-4,9-28H,1-2,5-8,29-32H2/b27-13+,28-14+. The van der Waals surface area contributed by atoms with Gasteiger partial charge in [0.25, 0.3) is 0 Å². The molecule has 278 valence electrons. The molecule has 10 heteroatoms. The Bertz CT molecular complexity index is 1750. The fraction of sp³-hybridized carbons (Fsp3) is 0.182. The molecule has 0 bridgehead atoms. The van der Waals surface area contributed by atoms with Crippen LogP contribution in [-0.2, 0) is 28.7 Å². The van der Waals surface area contributed by atoms with Crippen LogP contribution in [0.4, 0.5) is 0 Å². The van der Waals surface area contributed by atoms with Crippen LogP contribution in [0.2, 0.25) is 0 Å². The Kier molecular flexibility index (Phi) is 17.1. The van der Waals surface area contributed by atoms with Crippen LogP contribution in [0.15, 0.2) is 139 Å². The summed E-state index contributed by atoms with van der Waals surface area (Å²) in [6.07, 6.45) is 11.5. The van der Waals surface area contributed by atoms with Crippen LogP contribution in [0.5, 0.6) is 17.2 Å². The topological polar surface area (TPSA) is 114 Å². The molecule has 0 fully saturated rings. The summed E-state index contributed by atoms with van der Waals surface area (Å²) in [6.45, 7) is 8.38. The second-order valence-electron chi connectivity index (χ2n) is 11.6. The minimum atomic E-state index is -0.500. The van der Waals surface area contributed by atoms with Crippen molar-refractivity contribution in [2.75, 3.05) is 26.4 Å². The summed E-state index contributed by atoms with van der Waals surface area (Å²) in [5.41, 5.74) is 3.59. The van der Waals surface area contributed by atoms with E-state index in [0.717, 1.165) is 69.7 Å². The Morgan fingerprint density at radius 1 is 0.500 bits per heavy atom. The summed E-state index contributed by atoms with van der Waals surface area (Å²) in [5, 5.41) is -0.0968. The van der Waals surface area contributed by atoms with Gasteiger partial charge < -0.3 is 23.7 Å². The molecule has 54 heavy (non-hydrogen) atoms. The molecule has 0 unspecified atom stereocenters. The van der Waals surface area contributed by atoms with Gasteiger partial charge in [-0.2, -0.15) is 0 Å². The summed E-state index contributed by atoms with van der Waals surface area (Å²) in [6, 6.07) is 29.7. The normalized spacial score (nSPS) is 10.8. The molecular formula is C44H42O9S. The molecule has 0 saturated carbocycles. The predicted octanol–water partition coefficient (Wildman–Crippen LogP) is 9.08. The molecular weight excluding hydrogens is 705 g/mol. The number of esters is 3. The van der Waals surface area contributed by atoms with Crippen molar-refractivity contribution in [3.05, 3.63) is 146 Å². The smallest absolute Gasteiger partial charge is 0.336 e. The van der Waals surface area contributed by atoms with Gasteiger partial charge in [-0.25, -0.2) is 14.4 Å². The number of ether oxygens (including phenoxy) is 5. The molecule has 0 radical (unpaired) electrons. The monoisotopic (exact) mass is 746 g/mol. The second kappa shape index (κ2) is 22.7. The molecule has 0 aliphatic carbocycles. The average molecular weight is 747 g/mol. The van der Waals surface area contributed by atoms with Crippen molar-refractivity contribution >= 4 is 46.9 Å². The molecule has 0 spiro atoms. The fourth-order valence-corrected chi connectivity index (χ4v) is 5.30. The predicted molar refractivity (Wildman–Crippen MR) is 211 cm³/mol. The average Bonchev–Trinajstić information content (AvgIpc) is 3.20. The van der Waals surface area contributed by atoms with Gasteiger partial charge in [0.1, 0.15) is 17.2 Å². The van der Waals surface area contributed by atoms with Gasteiger partial charge >= 0.3 is 17.9 Å². The van der Waals surface area contributed by atoms with Crippen LogP contribution in [0.3, 0.4) is 0 Å². The summed E-state index contributed by atoms with van der Waals surface area (Å²) < 4.78 is 26.8. The van der Waals surface area contributed by atoms with Crippen LogP contribution < -0.4 is 14.2 Å². The van der Waals surface area contributed by atoms with Gasteiger partial charge in [-0.05, 0) is 120 Å². The lowest BCUT2D eigenvalue weighted by molar-refractivity contribution is -0.138. The Hall–Kier alpha value is -6.13. The highest BCUT2D eigenvalue weighted by Gasteiger charge is 2.06. The third-order valence-electron chi connectivity index (χ3n) is 7.50. The number of carbonyl (C=O) groups excluding carboxylic acids is 4. The van der Waals surface area contributed by atoms with Crippen molar-refractivity contribution in [2.24, 2.45) is 0 Å². The largest absolute Gasteiger partial charge is 0.494 e. The third kappa shape index (κ3) is 15.2. The SMILES string of the molecule is C=CC(=O)OCCCCOc1ccc(/C=C/C(=O)Oc2ccc(-c3ccc(SC(=O)/C=C/c4ccc(OCCCCOC(=O)C=C)cc4)cc3)cc2)cc1. The van der Waals surface area contributed by atoms with Crippen molar-refractivity contribution in [1.82, 2.24) is 0 Å². The molecule has 0 N–H and O–H groups in total. The molecule has 4 aromatic rings. The maximum absolute atomic E-state index is 12.6. The molecule has 0 atom stereocenters. The van der Waals surface area contributed by atoms with E-state index >= 15 is 0 Å². The third-order valence-corrected chi connectivity index (χ3v) is 8.34. The Morgan fingerprint density at radius 2 is 0.926 bits per heavy atom. The molecule has 4 aromatic carbocycles. The molecule has 9 nitrogen and oxygen atoms in total. The molecule has 0 aliphatic rings. The molecule has 0 amide bonds. The lowest BCUT2D eigenvalue weighted by Gasteiger charge is -2.07. The van der Waals surface area contributed by atoms with E-state index in [1.807, 2.05) is 84.9 Å².